The minimum Gasteiger partial charge on any atom is -0.508 e. The second-order valence-electron chi connectivity index (χ2n) is 14.2. The Labute approximate surface area is 312 Å². The minimum absolute atomic E-state index is 0.0609. The van der Waals surface area contributed by atoms with Gasteiger partial charge in [0.15, 0.2) is 0 Å². The third-order valence-electron chi connectivity index (χ3n) is 10.9. The van der Waals surface area contributed by atoms with Crippen molar-refractivity contribution in [3.63, 3.8) is 0 Å². The number of rotatable bonds is 17. The highest BCUT2D eigenvalue weighted by Crippen LogP contribution is 2.61. The molecule has 3 aliphatic rings. The summed E-state index contributed by atoms with van der Waals surface area (Å²) in [5.74, 6) is -1.22. The van der Waals surface area contributed by atoms with Crippen LogP contribution in [0.15, 0.2) is 108 Å². The summed E-state index contributed by atoms with van der Waals surface area (Å²) < 4.78 is 19.8. The summed E-state index contributed by atoms with van der Waals surface area (Å²) in [6, 6.07) is 23.8. The summed E-state index contributed by atoms with van der Waals surface area (Å²) in [6.45, 7) is 4.68. The van der Waals surface area contributed by atoms with Gasteiger partial charge in [-0.3, -0.25) is 0 Å². The van der Waals surface area contributed by atoms with Crippen LogP contribution in [0.5, 0.6) is 11.5 Å². The third-order valence-corrected chi connectivity index (χ3v) is 10.9. The highest BCUT2D eigenvalue weighted by molar-refractivity contribution is 6.02. The van der Waals surface area contributed by atoms with Crippen molar-refractivity contribution < 1.29 is 39.2 Å². The topological polar surface area (TPSA) is 130 Å². The van der Waals surface area contributed by atoms with Gasteiger partial charge < -0.3 is 39.3 Å². The Bertz CT molecular complexity index is 1730. The summed E-state index contributed by atoms with van der Waals surface area (Å²) in [5, 5.41) is 35.2. The van der Waals surface area contributed by atoms with Crippen LogP contribution in [0.2, 0.25) is 0 Å². The fourth-order valence-corrected chi connectivity index (χ4v) is 8.44. The van der Waals surface area contributed by atoms with Crippen LogP contribution in [-0.2, 0) is 27.5 Å². The summed E-state index contributed by atoms with van der Waals surface area (Å²) in [4.78, 5) is 21.6. The number of nitrogens with zero attached hydrogens (tertiary/aromatic N) is 2. The maximum atomic E-state index is 14.0. The van der Waals surface area contributed by atoms with Crippen LogP contribution in [-0.4, -0.2) is 70.7 Å². The molecule has 0 bridgehead atoms. The standard InChI is InChI=1S/C43H52N2O8/c1-3-24-51-43-39(45(2)42(49)50-28-30-14-6-4-7-15-30)27-37(44-52-29-31-16-8-5-9-17-31)35-25-32(18-10-12-22-46)34(19-11-13-23-47)40(41(35)43)36-26-33(48)20-21-38(36)53-43/h3-9,14-17,20-21,25-26,32,34,39-41,46-48H,1,10-13,18-19,22-24,27-29H2,2H3/t32-,34+,39-,40+,41+,43+/m0/s1. The first kappa shape index (κ1) is 38.1. The van der Waals surface area contributed by atoms with Gasteiger partial charge in [-0.05, 0) is 72.4 Å². The van der Waals surface area contributed by atoms with Crippen molar-refractivity contribution in [1.29, 1.82) is 0 Å². The average molecular weight is 725 g/mol. The molecule has 1 fully saturated rings. The van der Waals surface area contributed by atoms with Gasteiger partial charge >= 0.3 is 6.09 Å². The van der Waals surface area contributed by atoms with Gasteiger partial charge in [-0.2, -0.15) is 0 Å². The molecule has 1 saturated carbocycles. The summed E-state index contributed by atoms with van der Waals surface area (Å²) in [5.41, 5.74) is 4.32. The van der Waals surface area contributed by atoms with Gasteiger partial charge in [0.05, 0.1) is 18.2 Å². The number of aliphatic hydroxyl groups is 2. The van der Waals surface area contributed by atoms with Crippen molar-refractivity contribution in [3.05, 3.63) is 120 Å². The summed E-state index contributed by atoms with van der Waals surface area (Å²) in [6.07, 6.45) is 8.30. The molecule has 6 atom stereocenters. The number of benzene rings is 3. The van der Waals surface area contributed by atoms with Crippen molar-refractivity contribution in [2.45, 2.75) is 75.9 Å². The monoisotopic (exact) mass is 724 g/mol. The largest absolute Gasteiger partial charge is 0.508 e. The average Bonchev–Trinajstić information content (AvgIpc) is 3.18. The van der Waals surface area contributed by atoms with E-state index in [1.165, 1.54) is 0 Å². The Hall–Kier alpha value is -4.64. The number of aromatic hydroxyl groups is 1. The molecule has 3 aromatic carbocycles. The van der Waals surface area contributed by atoms with Gasteiger partial charge in [-0.15, -0.1) is 6.58 Å². The first-order chi connectivity index (χ1) is 25.9. The molecule has 6 rings (SSSR count). The fraction of sp³-hybridized carbons (Fsp3) is 0.442. The number of fused-ring (bicyclic) bond motifs is 2. The van der Waals surface area contributed by atoms with Gasteiger partial charge in [0, 0.05) is 38.2 Å². The van der Waals surface area contributed by atoms with E-state index in [4.69, 9.17) is 24.2 Å². The number of hydrogen-bond donors (Lipinski definition) is 3. The van der Waals surface area contributed by atoms with E-state index < -0.39 is 23.8 Å². The Morgan fingerprint density at radius 2 is 1.64 bits per heavy atom. The van der Waals surface area contributed by atoms with Gasteiger partial charge in [-0.1, -0.05) is 90.8 Å². The zero-order valence-corrected chi connectivity index (χ0v) is 30.5. The normalized spacial score (nSPS) is 25.0. The number of carbonyl (C=O) groups excluding carboxylic acids is 1. The number of oxime groups is 1. The second-order valence-corrected chi connectivity index (χ2v) is 14.2. The molecule has 1 heterocycles. The van der Waals surface area contributed by atoms with Crippen molar-refractivity contribution in [2.24, 2.45) is 22.9 Å². The van der Waals surface area contributed by atoms with Crippen LogP contribution in [0.1, 0.15) is 67.6 Å². The lowest BCUT2D eigenvalue weighted by atomic mass is 9.55. The smallest absolute Gasteiger partial charge is 0.410 e. The molecule has 0 radical (unpaired) electrons. The fourth-order valence-electron chi connectivity index (χ4n) is 8.44. The Morgan fingerprint density at radius 1 is 0.962 bits per heavy atom. The van der Waals surface area contributed by atoms with E-state index in [1.54, 1.807) is 36.2 Å². The lowest BCUT2D eigenvalue weighted by molar-refractivity contribution is -0.253. The maximum absolute atomic E-state index is 14.0. The van der Waals surface area contributed by atoms with E-state index in [-0.39, 0.29) is 63.0 Å². The predicted molar refractivity (Wildman–Crippen MR) is 202 cm³/mol. The molecule has 3 aromatic rings. The molecule has 0 saturated heterocycles. The van der Waals surface area contributed by atoms with E-state index in [1.807, 2.05) is 60.7 Å². The van der Waals surface area contributed by atoms with Gasteiger partial charge in [0.25, 0.3) is 0 Å². The van der Waals surface area contributed by atoms with Crippen molar-refractivity contribution in [2.75, 3.05) is 26.9 Å². The molecule has 0 aromatic heterocycles. The minimum atomic E-state index is -1.39. The molecule has 0 spiro atoms. The maximum Gasteiger partial charge on any atom is 0.410 e. The first-order valence-corrected chi connectivity index (χ1v) is 18.8. The van der Waals surface area contributed by atoms with Crippen LogP contribution >= 0.6 is 0 Å². The molecule has 1 aliphatic heterocycles. The predicted octanol–water partition coefficient (Wildman–Crippen LogP) is 7.49. The molecular weight excluding hydrogens is 672 g/mol. The molecule has 0 unspecified atom stereocenters. The molecule has 1 amide bonds. The number of carbonyl (C=O) groups is 1. The van der Waals surface area contributed by atoms with Crippen molar-refractivity contribution in [3.8, 4) is 11.5 Å². The highest BCUT2D eigenvalue weighted by Gasteiger charge is 2.65. The Balaban J connectivity index is 1.49. The Kier molecular flexibility index (Phi) is 12.9. The van der Waals surface area contributed by atoms with Crippen LogP contribution in [0.4, 0.5) is 4.79 Å². The number of phenolic OH excluding ortho intramolecular Hbond substituents is 1. The van der Waals surface area contributed by atoms with Gasteiger partial charge in [-0.25, -0.2) is 4.79 Å². The number of ether oxygens (including phenoxy) is 3. The van der Waals surface area contributed by atoms with Crippen molar-refractivity contribution in [1.82, 2.24) is 4.90 Å². The number of phenols is 1. The molecule has 10 heteroatoms. The molecule has 3 N–H and O–H groups in total. The third kappa shape index (κ3) is 8.45. The van der Waals surface area contributed by atoms with E-state index in [0.717, 1.165) is 47.9 Å². The number of hydrogen-bond acceptors (Lipinski definition) is 9. The SMILES string of the molecule is C=CCO[C@@]12Oc3ccc(O)cc3[C@H]3[C@H](CCCCO)[C@@H](CCCCO)C=C(C(=NOCc4ccccc4)C[C@@H]1N(C)C(=O)OCc1ccccc1)[C@H]32. The zero-order chi connectivity index (χ0) is 37.2. The number of aliphatic hydroxyl groups excluding tert-OH is 2. The number of likely N-dealkylation sites (N-methyl/N-ethyl adjacent to an activating group) is 1. The lowest BCUT2D eigenvalue weighted by Gasteiger charge is -2.59. The van der Waals surface area contributed by atoms with Crippen molar-refractivity contribution >= 4 is 11.8 Å². The summed E-state index contributed by atoms with van der Waals surface area (Å²) in [7, 11) is 1.71. The summed E-state index contributed by atoms with van der Waals surface area (Å²) >= 11 is 0. The van der Waals surface area contributed by atoms with E-state index in [0.29, 0.717) is 24.3 Å². The van der Waals surface area contributed by atoms with E-state index >= 15 is 0 Å². The highest BCUT2D eigenvalue weighted by atomic mass is 16.7. The molecule has 2 aliphatic carbocycles. The Morgan fingerprint density at radius 3 is 2.32 bits per heavy atom. The second kappa shape index (κ2) is 17.9. The lowest BCUT2D eigenvalue weighted by Crippen LogP contribution is -2.69. The van der Waals surface area contributed by atoms with Crippen LogP contribution < -0.4 is 4.74 Å². The molecule has 282 valence electrons. The number of amides is 1. The van der Waals surface area contributed by atoms with Crippen LogP contribution in [0, 0.1) is 17.8 Å². The van der Waals surface area contributed by atoms with E-state index in [9.17, 15) is 20.1 Å². The molecule has 53 heavy (non-hydrogen) atoms. The number of unbranched alkanes of at least 4 members (excludes halogenated alkanes) is 2. The van der Waals surface area contributed by atoms with Crippen LogP contribution in [0.25, 0.3) is 0 Å². The van der Waals surface area contributed by atoms with Gasteiger partial charge in [0.2, 0.25) is 5.79 Å². The first-order valence-electron chi connectivity index (χ1n) is 18.8. The molecular formula is C43H52N2O8. The van der Waals surface area contributed by atoms with Gasteiger partial charge in [0.1, 0.15) is 30.8 Å². The number of allylic oxidation sites excluding steroid dienone is 1. The zero-order valence-electron chi connectivity index (χ0n) is 30.5. The quantitative estimate of drug-likeness (QED) is 0.0742. The molecule has 10 nitrogen and oxygen atoms in total. The van der Waals surface area contributed by atoms with E-state index in [2.05, 4.69) is 12.7 Å². The van der Waals surface area contributed by atoms with Crippen LogP contribution in [0.3, 0.4) is 0 Å².